The van der Waals surface area contributed by atoms with Gasteiger partial charge in [-0.1, -0.05) is 37.3 Å². The highest BCUT2D eigenvalue weighted by Gasteiger charge is 2.22. The van der Waals surface area contributed by atoms with E-state index in [-0.39, 0.29) is 5.78 Å². The molecule has 1 aliphatic carbocycles. The number of hydrogen-bond acceptors (Lipinski definition) is 5. The summed E-state index contributed by atoms with van der Waals surface area (Å²) in [6.07, 6.45) is 10.5. The number of carbonyl (C=O) groups is 1. The predicted octanol–water partition coefficient (Wildman–Crippen LogP) is 5.20. The molecule has 0 amide bonds. The maximum absolute atomic E-state index is 12.9. The molecule has 1 N–H and O–H groups in total. The minimum atomic E-state index is 0.153. The monoisotopic (exact) mass is 439 g/mol. The first-order valence-electron chi connectivity index (χ1n) is 11.8. The van der Waals surface area contributed by atoms with Crippen molar-refractivity contribution < 1.29 is 4.79 Å². The van der Waals surface area contributed by atoms with E-state index in [9.17, 15) is 4.79 Å². The Kier molecular flexibility index (Phi) is 6.26. The molecule has 0 saturated heterocycles. The van der Waals surface area contributed by atoms with Crippen molar-refractivity contribution in [2.24, 2.45) is 5.92 Å². The van der Waals surface area contributed by atoms with Crippen molar-refractivity contribution in [2.75, 3.05) is 6.54 Å². The minimum Gasteiger partial charge on any atom is -0.314 e. The number of nitrogens with one attached hydrogen (secondary N) is 1. The lowest BCUT2D eigenvalue weighted by Crippen LogP contribution is -2.30. The van der Waals surface area contributed by atoms with Gasteiger partial charge in [0.15, 0.2) is 11.4 Å². The summed E-state index contributed by atoms with van der Waals surface area (Å²) >= 11 is 0. The zero-order valence-corrected chi connectivity index (χ0v) is 18.9. The number of hydrogen-bond donors (Lipinski definition) is 1. The molecule has 6 nitrogen and oxygen atoms in total. The Morgan fingerprint density at radius 1 is 1.15 bits per heavy atom. The van der Waals surface area contributed by atoms with E-state index >= 15 is 0 Å². The van der Waals surface area contributed by atoms with Crippen LogP contribution in [-0.2, 0) is 0 Å². The lowest BCUT2D eigenvalue weighted by atomic mass is 10.0. The van der Waals surface area contributed by atoms with Crippen molar-refractivity contribution in [1.82, 2.24) is 24.9 Å². The average molecular weight is 440 g/mol. The maximum atomic E-state index is 12.9. The molecule has 3 aromatic heterocycles. The number of pyridine rings is 1. The number of rotatable bonds is 10. The Bertz CT molecular complexity index is 1250. The third-order valence-electron chi connectivity index (χ3n) is 6.40. The van der Waals surface area contributed by atoms with E-state index in [1.54, 1.807) is 23.0 Å². The molecule has 0 bridgehead atoms. The van der Waals surface area contributed by atoms with Crippen molar-refractivity contribution in [3.8, 4) is 22.5 Å². The highest BCUT2D eigenvalue weighted by molar-refractivity contribution is 5.97. The average Bonchev–Trinajstić information content (AvgIpc) is 3.61. The molecule has 168 valence electrons. The maximum Gasteiger partial charge on any atom is 0.164 e. The molecule has 1 aromatic carbocycles. The van der Waals surface area contributed by atoms with E-state index < -0.39 is 0 Å². The third-order valence-corrected chi connectivity index (χ3v) is 6.40. The van der Waals surface area contributed by atoms with Crippen molar-refractivity contribution in [3.05, 3.63) is 72.7 Å². The van der Waals surface area contributed by atoms with Gasteiger partial charge in [0.2, 0.25) is 0 Å². The second-order valence-corrected chi connectivity index (χ2v) is 8.85. The van der Waals surface area contributed by atoms with Gasteiger partial charge >= 0.3 is 0 Å². The van der Waals surface area contributed by atoms with Gasteiger partial charge in [-0.05, 0) is 56.3 Å². The van der Waals surface area contributed by atoms with E-state index in [0.29, 0.717) is 23.7 Å². The molecule has 33 heavy (non-hydrogen) atoms. The molecular weight excluding hydrogens is 410 g/mol. The summed E-state index contributed by atoms with van der Waals surface area (Å²) in [5, 5.41) is 8.06. The normalized spacial score (nSPS) is 14.5. The fourth-order valence-electron chi connectivity index (χ4n) is 4.13. The first kappa shape index (κ1) is 21.5. The van der Waals surface area contributed by atoms with Crippen molar-refractivity contribution in [1.29, 1.82) is 0 Å². The lowest BCUT2D eigenvalue weighted by molar-refractivity contribution is 0.0975. The van der Waals surface area contributed by atoms with Gasteiger partial charge in [-0.25, -0.2) is 9.50 Å². The number of benzene rings is 1. The Labute approximate surface area is 194 Å². The number of carbonyl (C=O) groups excluding carboxylic acids is 1. The number of nitrogens with zero attached hydrogens (tertiary/aromatic N) is 4. The molecule has 0 radical (unpaired) electrons. The second-order valence-electron chi connectivity index (χ2n) is 8.85. The van der Waals surface area contributed by atoms with Crippen LogP contribution in [0.4, 0.5) is 0 Å². The van der Waals surface area contributed by atoms with Crippen LogP contribution in [0.2, 0.25) is 0 Å². The number of ketones is 1. The Hall–Kier alpha value is -3.38. The number of Topliss-reactive ketones (excluding diaryl/α,β-unsaturated/α-hetero) is 1. The highest BCUT2D eigenvalue weighted by atomic mass is 16.1. The molecule has 0 spiro atoms. The number of aromatic nitrogens is 4. The standard InChI is InChI=1S/C27H29N5O/c1-2-22(29-17-19-8-9-19)10-11-26(33)21-12-14-28-25(16-21)23-18-30-32-15-13-24(31-27(23)32)20-6-4-3-5-7-20/h3-7,12-16,18-19,22,29H,2,8-11,17H2,1H3. The molecule has 6 heteroatoms. The van der Waals surface area contributed by atoms with E-state index in [4.69, 9.17) is 4.98 Å². The quantitative estimate of drug-likeness (QED) is 0.344. The predicted molar refractivity (Wildman–Crippen MR) is 130 cm³/mol. The second kappa shape index (κ2) is 9.63. The molecule has 5 rings (SSSR count). The van der Waals surface area contributed by atoms with Crippen LogP contribution in [0.15, 0.2) is 67.1 Å². The van der Waals surface area contributed by atoms with E-state index in [1.165, 1.54) is 12.8 Å². The van der Waals surface area contributed by atoms with E-state index in [0.717, 1.165) is 47.8 Å². The van der Waals surface area contributed by atoms with Crippen LogP contribution in [0.1, 0.15) is 49.4 Å². The van der Waals surface area contributed by atoms with Crippen LogP contribution in [0.25, 0.3) is 28.2 Å². The molecule has 0 aliphatic heterocycles. The van der Waals surface area contributed by atoms with Gasteiger partial charge < -0.3 is 5.32 Å². The zero-order chi connectivity index (χ0) is 22.6. The van der Waals surface area contributed by atoms with Crippen LogP contribution < -0.4 is 5.32 Å². The van der Waals surface area contributed by atoms with E-state index in [1.807, 2.05) is 48.7 Å². The van der Waals surface area contributed by atoms with Crippen molar-refractivity contribution >= 4 is 11.4 Å². The largest absolute Gasteiger partial charge is 0.314 e. The van der Waals surface area contributed by atoms with E-state index in [2.05, 4.69) is 22.3 Å². The van der Waals surface area contributed by atoms with Crippen molar-refractivity contribution in [3.63, 3.8) is 0 Å². The van der Waals surface area contributed by atoms with Crippen LogP contribution in [-0.4, -0.2) is 38.0 Å². The van der Waals surface area contributed by atoms with Gasteiger partial charge in [0.05, 0.1) is 23.1 Å². The Morgan fingerprint density at radius 3 is 2.79 bits per heavy atom. The fraction of sp³-hybridized carbons (Fsp3) is 0.333. The molecule has 1 fully saturated rings. The molecule has 1 aliphatic rings. The summed E-state index contributed by atoms with van der Waals surface area (Å²) < 4.78 is 1.75. The summed E-state index contributed by atoms with van der Waals surface area (Å²) in [6.45, 7) is 3.26. The first-order valence-corrected chi connectivity index (χ1v) is 11.8. The van der Waals surface area contributed by atoms with Crippen LogP contribution >= 0.6 is 0 Å². The summed E-state index contributed by atoms with van der Waals surface area (Å²) in [6, 6.07) is 16.1. The van der Waals surface area contributed by atoms with Gasteiger partial charge in [-0.3, -0.25) is 9.78 Å². The molecule has 4 aromatic rings. The molecule has 1 unspecified atom stereocenters. The fourth-order valence-corrected chi connectivity index (χ4v) is 4.13. The van der Waals surface area contributed by atoms with Gasteiger partial charge in [0.25, 0.3) is 0 Å². The molecule has 1 saturated carbocycles. The molecule has 1 atom stereocenters. The SMILES string of the molecule is CCC(CCC(=O)c1ccnc(-c2cnn3ccc(-c4ccccc4)nc23)c1)NCC1CC1. The Morgan fingerprint density at radius 2 is 2.00 bits per heavy atom. The summed E-state index contributed by atoms with van der Waals surface area (Å²) in [5.41, 5.74) is 4.87. The summed E-state index contributed by atoms with van der Waals surface area (Å²) in [7, 11) is 0. The minimum absolute atomic E-state index is 0.153. The number of fused-ring (bicyclic) bond motifs is 1. The van der Waals surface area contributed by atoms with Gasteiger partial charge in [0, 0.05) is 36.0 Å². The third kappa shape index (κ3) is 5.01. The van der Waals surface area contributed by atoms with Gasteiger partial charge in [-0.15, -0.1) is 0 Å². The first-order chi connectivity index (χ1) is 16.2. The van der Waals surface area contributed by atoms with Crippen molar-refractivity contribution in [2.45, 2.75) is 45.1 Å². The topological polar surface area (TPSA) is 72.2 Å². The summed E-state index contributed by atoms with van der Waals surface area (Å²) in [5.74, 6) is 0.999. The Balaban J connectivity index is 1.34. The smallest absolute Gasteiger partial charge is 0.164 e. The van der Waals surface area contributed by atoms with Gasteiger partial charge in [-0.2, -0.15) is 5.10 Å². The van der Waals surface area contributed by atoms with Crippen LogP contribution in [0, 0.1) is 5.92 Å². The van der Waals surface area contributed by atoms with Gasteiger partial charge in [0.1, 0.15) is 0 Å². The molecular formula is C27H29N5O. The zero-order valence-electron chi connectivity index (χ0n) is 18.9. The highest BCUT2D eigenvalue weighted by Crippen LogP contribution is 2.28. The lowest BCUT2D eigenvalue weighted by Gasteiger charge is -2.16. The van der Waals surface area contributed by atoms with Crippen LogP contribution in [0.3, 0.4) is 0 Å². The van der Waals surface area contributed by atoms with Crippen LogP contribution in [0.5, 0.6) is 0 Å². The molecule has 3 heterocycles. The summed E-state index contributed by atoms with van der Waals surface area (Å²) in [4.78, 5) is 22.3.